The van der Waals surface area contributed by atoms with Gasteiger partial charge in [0, 0.05) is 23.2 Å². The van der Waals surface area contributed by atoms with E-state index in [2.05, 4.69) is 36.5 Å². The van der Waals surface area contributed by atoms with E-state index in [9.17, 15) is 0 Å². The van der Waals surface area contributed by atoms with Crippen LogP contribution in [-0.2, 0) is 13.2 Å². The highest BCUT2D eigenvalue weighted by Gasteiger charge is 2.14. The van der Waals surface area contributed by atoms with E-state index in [1.807, 2.05) is 18.2 Å². The first-order valence-electron chi connectivity index (χ1n) is 8.91. The highest BCUT2D eigenvalue weighted by molar-refractivity contribution is 6.30. The number of benzene rings is 2. The fourth-order valence-corrected chi connectivity index (χ4v) is 3.43. The van der Waals surface area contributed by atoms with E-state index in [0.29, 0.717) is 12.6 Å². The lowest BCUT2D eigenvalue weighted by molar-refractivity contribution is 0.300. The SMILES string of the molecule is Cc1ccc(COc2ccc(Cl)cc2CNC2CCCCC2)cc1. The number of aryl methyl sites for hydroxylation is 1. The molecule has 0 spiro atoms. The molecule has 2 nitrogen and oxygen atoms in total. The Morgan fingerprint density at radius 1 is 1.04 bits per heavy atom. The number of hydrogen-bond donors (Lipinski definition) is 1. The molecule has 2 aromatic carbocycles. The quantitative estimate of drug-likeness (QED) is 0.731. The maximum absolute atomic E-state index is 6.19. The predicted molar refractivity (Wildman–Crippen MR) is 101 cm³/mol. The monoisotopic (exact) mass is 343 g/mol. The summed E-state index contributed by atoms with van der Waals surface area (Å²) >= 11 is 6.19. The Morgan fingerprint density at radius 3 is 2.54 bits per heavy atom. The molecule has 3 heteroatoms. The van der Waals surface area contributed by atoms with Crippen molar-refractivity contribution in [2.24, 2.45) is 0 Å². The standard InChI is InChI=1S/C21H26ClNO/c1-16-7-9-17(10-8-16)15-24-21-12-11-19(22)13-18(21)14-23-20-5-3-2-4-6-20/h7-13,20,23H,2-6,14-15H2,1H3. The van der Waals surface area contributed by atoms with Gasteiger partial charge in [-0.1, -0.05) is 60.7 Å². The Labute approximate surface area is 150 Å². The van der Waals surface area contributed by atoms with Crippen LogP contribution in [0.3, 0.4) is 0 Å². The minimum Gasteiger partial charge on any atom is -0.489 e. The Bertz CT molecular complexity index is 647. The fourth-order valence-electron chi connectivity index (χ4n) is 3.23. The van der Waals surface area contributed by atoms with Crippen molar-refractivity contribution in [1.29, 1.82) is 0 Å². The largest absolute Gasteiger partial charge is 0.489 e. The number of hydrogen-bond acceptors (Lipinski definition) is 2. The van der Waals surface area contributed by atoms with Gasteiger partial charge in [0.1, 0.15) is 12.4 Å². The van der Waals surface area contributed by atoms with Gasteiger partial charge in [0.25, 0.3) is 0 Å². The van der Waals surface area contributed by atoms with E-state index in [-0.39, 0.29) is 0 Å². The summed E-state index contributed by atoms with van der Waals surface area (Å²) in [5.74, 6) is 0.920. The molecule has 1 N–H and O–H groups in total. The molecule has 0 amide bonds. The average Bonchev–Trinajstić information content (AvgIpc) is 2.61. The Hall–Kier alpha value is -1.51. The second-order valence-corrected chi connectivity index (χ2v) is 7.18. The summed E-state index contributed by atoms with van der Waals surface area (Å²) < 4.78 is 6.06. The number of halogens is 1. The van der Waals surface area contributed by atoms with Crippen LogP contribution in [0.2, 0.25) is 5.02 Å². The van der Waals surface area contributed by atoms with E-state index in [0.717, 1.165) is 22.9 Å². The summed E-state index contributed by atoms with van der Waals surface area (Å²) in [6.45, 7) is 3.49. The lowest BCUT2D eigenvalue weighted by Crippen LogP contribution is -2.30. The van der Waals surface area contributed by atoms with E-state index in [1.165, 1.54) is 43.2 Å². The predicted octanol–water partition coefficient (Wildman–Crippen LogP) is 5.65. The second kappa shape index (κ2) is 8.55. The van der Waals surface area contributed by atoms with Gasteiger partial charge in [-0.25, -0.2) is 0 Å². The molecular weight excluding hydrogens is 318 g/mol. The molecule has 0 heterocycles. The van der Waals surface area contributed by atoms with Crippen LogP contribution in [0.4, 0.5) is 0 Å². The molecule has 0 aromatic heterocycles. The average molecular weight is 344 g/mol. The lowest BCUT2D eigenvalue weighted by Gasteiger charge is -2.23. The van der Waals surface area contributed by atoms with Crippen molar-refractivity contribution in [2.75, 3.05) is 0 Å². The number of ether oxygens (including phenoxy) is 1. The van der Waals surface area contributed by atoms with Gasteiger partial charge in [-0.2, -0.15) is 0 Å². The number of nitrogens with one attached hydrogen (secondary N) is 1. The van der Waals surface area contributed by atoms with Gasteiger partial charge in [0.15, 0.2) is 0 Å². The maximum Gasteiger partial charge on any atom is 0.124 e. The highest BCUT2D eigenvalue weighted by Crippen LogP contribution is 2.25. The second-order valence-electron chi connectivity index (χ2n) is 6.74. The molecule has 0 aliphatic heterocycles. The molecule has 1 saturated carbocycles. The van der Waals surface area contributed by atoms with Crippen molar-refractivity contribution >= 4 is 11.6 Å². The van der Waals surface area contributed by atoms with Crippen molar-refractivity contribution < 1.29 is 4.74 Å². The molecule has 0 unspecified atom stereocenters. The zero-order valence-electron chi connectivity index (χ0n) is 14.4. The van der Waals surface area contributed by atoms with Crippen LogP contribution in [0, 0.1) is 6.92 Å². The van der Waals surface area contributed by atoms with Crippen molar-refractivity contribution in [1.82, 2.24) is 5.32 Å². The van der Waals surface area contributed by atoms with E-state index < -0.39 is 0 Å². The van der Waals surface area contributed by atoms with Crippen LogP contribution >= 0.6 is 11.6 Å². The van der Waals surface area contributed by atoms with Crippen LogP contribution in [-0.4, -0.2) is 6.04 Å². The normalized spacial score (nSPS) is 15.4. The molecule has 0 atom stereocenters. The summed E-state index contributed by atoms with van der Waals surface area (Å²) in [5.41, 5.74) is 3.59. The Kier molecular flexibility index (Phi) is 6.17. The van der Waals surface area contributed by atoms with Gasteiger partial charge in [-0.15, -0.1) is 0 Å². The van der Waals surface area contributed by atoms with Crippen LogP contribution in [0.15, 0.2) is 42.5 Å². The van der Waals surface area contributed by atoms with Crippen LogP contribution < -0.4 is 10.1 Å². The molecule has 1 aliphatic carbocycles. The minimum absolute atomic E-state index is 0.582. The van der Waals surface area contributed by atoms with Gasteiger partial charge in [0.2, 0.25) is 0 Å². The van der Waals surface area contributed by atoms with Crippen molar-refractivity contribution in [3.63, 3.8) is 0 Å². The zero-order valence-corrected chi connectivity index (χ0v) is 15.1. The summed E-state index contributed by atoms with van der Waals surface area (Å²) in [7, 11) is 0. The molecule has 3 rings (SSSR count). The molecule has 0 saturated heterocycles. The highest BCUT2D eigenvalue weighted by atomic mass is 35.5. The molecule has 0 bridgehead atoms. The van der Waals surface area contributed by atoms with Crippen molar-refractivity contribution in [3.05, 3.63) is 64.2 Å². The molecular formula is C21H26ClNO. The van der Waals surface area contributed by atoms with Crippen LogP contribution in [0.5, 0.6) is 5.75 Å². The van der Waals surface area contributed by atoms with Crippen LogP contribution in [0.25, 0.3) is 0 Å². The first-order chi connectivity index (χ1) is 11.7. The van der Waals surface area contributed by atoms with Crippen LogP contribution in [0.1, 0.15) is 48.8 Å². The summed E-state index contributed by atoms with van der Waals surface area (Å²) in [5, 5.41) is 4.43. The molecule has 24 heavy (non-hydrogen) atoms. The first kappa shape index (κ1) is 17.3. The lowest BCUT2D eigenvalue weighted by atomic mass is 9.95. The van der Waals surface area contributed by atoms with Gasteiger partial charge >= 0.3 is 0 Å². The molecule has 2 aromatic rings. The van der Waals surface area contributed by atoms with Crippen molar-refractivity contribution in [3.8, 4) is 5.75 Å². The molecule has 1 aliphatic rings. The first-order valence-corrected chi connectivity index (χ1v) is 9.28. The summed E-state index contributed by atoms with van der Waals surface area (Å²) in [6.07, 6.45) is 6.61. The zero-order chi connectivity index (χ0) is 16.8. The fraction of sp³-hybridized carbons (Fsp3) is 0.429. The maximum atomic E-state index is 6.19. The van der Waals surface area contributed by atoms with Gasteiger partial charge < -0.3 is 10.1 Å². The summed E-state index contributed by atoms with van der Waals surface area (Å²) in [4.78, 5) is 0. The van der Waals surface area contributed by atoms with Gasteiger partial charge in [-0.05, 0) is 43.5 Å². The topological polar surface area (TPSA) is 21.3 Å². The minimum atomic E-state index is 0.582. The molecule has 128 valence electrons. The molecule has 0 radical (unpaired) electrons. The third-order valence-electron chi connectivity index (χ3n) is 4.72. The third kappa shape index (κ3) is 4.99. The van der Waals surface area contributed by atoms with Gasteiger partial charge in [0.05, 0.1) is 0 Å². The smallest absolute Gasteiger partial charge is 0.124 e. The van der Waals surface area contributed by atoms with Crippen molar-refractivity contribution in [2.45, 2.75) is 58.2 Å². The summed E-state index contributed by atoms with van der Waals surface area (Å²) in [6, 6.07) is 15.0. The van der Waals surface area contributed by atoms with E-state index >= 15 is 0 Å². The number of rotatable bonds is 6. The third-order valence-corrected chi connectivity index (χ3v) is 4.96. The molecule has 1 fully saturated rings. The van der Waals surface area contributed by atoms with E-state index in [4.69, 9.17) is 16.3 Å². The van der Waals surface area contributed by atoms with Gasteiger partial charge in [-0.3, -0.25) is 0 Å². The van der Waals surface area contributed by atoms with E-state index in [1.54, 1.807) is 0 Å². The Morgan fingerprint density at radius 2 is 1.79 bits per heavy atom. The Balaban J connectivity index is 1.62.